The van der Waals surface area contributed by atoms with Gasteiger partial charge in [0.2, 0.25) is 0 Å². The summed E-state index contributed by atoms with van der Waals surface area (Å²) < 4.78 is 0. The molecule has 3 heterocycles. The van der Waals surface area contributed by atoms with E-state index in [4.69, 9.17) is 0 Å². The molecule has 0 aromatic carbocycles. The van der Waals surface area contributed by atoms with Crippen LogP contribution < -0.4 is 0 Å². The predicted molar refractivity (Wildman–Crippen MR) is 106 cm³/mol. The average molecular weight is 346 g/mol. The van der Waals surface area contributed by atoms with Crippen LogP contribution in [-0.2, 0) is 0 Å². The maximum Gasteiger partial charge on any atom is 0.0299 e. The van der Waals surface area contributed by atoms with Crippen LogP contribution in [0.3, 0.4) is 0 Å². The van der Waals surface area contributed by atoms with Crippen molar-refractivity contribution in [3.63, 3.8) is 0 Å². The quantitative estimate of drug-likeness (QED) is 0.440. The van der Waals surface area contributed by atoms with Gasteiger partial charge in [0.15, 0.2) is 0 Å². The minimum absolute atomic E-state index is 1.27. The molecule has 0 N–H and O–H groups in total. The van der Waals surface area contributed by atoms with Gasteiger partial charge in [0.25, 0.3) is 0 Å². The van der Waals surface area contributed by atoms with Crippen LogP contribution in [0.25, 0.3) is 0 Å². The van der Waals surface area contributed by atoms with E-state index >= 15 is 0 Å². The third-order valence-electron chi connectivity index (χ3n) is 3.95. The molecular weight excluding hydrogens is 318 g/mol. The maximum atomic E-state index is 4.04. The zero-order valence-corrected chi connectivity index (χ0v) is 16.9. The Hall–Kier alpha value is -1.45. The molecule has 124 valence electrons. The minimum atomic E-state index is 1.27. The zero-order valence-electron chi connectivity index (χ0n) is 15.2. The highest BCUT2D eigenvalue weighted by atomic mass is 32.1. The Balaban J connectivity index is 0.000000175. The van der Waals surface area contributed by atoms with Crippen molar-refractivity contribution in [3.8, 4) is 0 Å². The van der Waals surface area contributed by atoms with E-state index in [-0.39, 0.29) is 0 Å². The number of aryl methyl sites for hydroxylation is 6. The minimum Gasteiger partial charge on any atom is -0.264 e. The van der Waals surface area contributed by atoms with Crippen LogP contribution >= 0.6 is 22.7 Å². The lowest BCUT2D eigenvalue weighted by atomic mass is 10.1. The molecule has 0 radical (unpaired) electrons. The van der Waals surface area contributed by atoms with Crippen molar-refractivity contribution < 1.29 is 0 Å². The number of hydrogen-bond donors (Lipinski definition) is 0. The first-order valence-electron chi connectivity index (χ1n) is 7.70. The van der Waals surface area contributed by atoms with E-state index in [0.29, 0.717) is 0 Å². The van der Waals surface area contributed by atoms with E-state index in [1.54, 1.807) is 22.7 Å². The molecule has 0 aliphatic heterocycles. The Morgan fingerprint density at radius 3 is 1.43 bits per heavy atom. The van der Waals surface area contributed by atoms with Gasteiger partial charge in [-0.3, -0.25) is 4.98 Å². The second-order valence-corrected chi connectivity index (χ2v) is 7.66. The van der Waals surface area contributed by atoms with E-state index < -0.39 is 0 Å². The normalized spacial score (nSPS) is 9.52. The van der Waals surface area contributed by atoms with Gasteiger partial charge in [-0.1, -0.05) is 0 Å². The second kappa shape index (κ2) is 9.64. The van der Waals surface area contributed by atoms with Gasteiger partial charge in [-0.25, -0.2) is 0 Å². The summed E-state index contributed by atoms with van der Waals surface area (Å²) in [5, 5.41) is 6.44. The van der Waals surface area contributed by atoms with Gasteiger partial charge in [0, 0.05) is 17.3 Å². The SMILES string of the molecule is Cc1ccsc1C.Cc1cncc(C)c1C.Cc1cscc1C. The van der Waals surface area contributed by atoms with Gasteiger partial charge < -0.3 is 0 Å². The number of rotatable bonds is 0. The van der Waals surface area contributed by atoms with Crippen LogP contribution in [-0.4, -0.2) is 4.98 Å². The Morgan fingerprint density at radius 1 is 0.696 bits per heavy atom. The topological polar surface area (TPSA) is 12.9 Å². The lowest BCUT2D eigenvalue weighted by Gasteiger charge is -1.99. The Morgan fingerprint density at radius 2 is 1.22 bits per heavy atom. The number of thiophene rings is 2. The Labute approximate surface area is 149 Å². The van der Waals surface area contributed by atoms with Crippen molar-refractivity contribution in [1.29, 1.82) is 0 Å². The number of aromatic nitrogens is 1. The number of nitrogens with zero attached hydrogens (tertiary/aromatic N) is 1. The molecule has 0 atom stereocenters. The fourth-order valence-electron chi connectivity index (χ4n) is 1.64. The van der Waals surface area contributed by atoms with Gasteiger partial charge in [-0.05, 0) is 104 Å². The van der Waals surface area contributed by atoms with Crippen LogP contribution in [0, 0.1) is 48.5 Å². The number of pyridine rings is 1. The molecule has 0 spiro atoms. The molecule has 0 fully saturated rings. The molecule has 3 aromatic rings. The standard InChI is InChI=1S/C8H11N.2C6H8S/c1-6-4-9-5-7(2)8(6)3;1-5-3-7-4-6(5)2;1-5-3-4-7-6(5)2/h4-5H,1-3H3;2*3-4H,1-2H3. The van der Waals surface area contributed by atoms with Crippen molar-refractivity contribution in [2.24, 2.45) is 0 Å². The molecule has 0 saturated heterocycles. The zero-order chi connectivity index (χ0) is 17.4. The molecule has 0 aliphatic carbocycles. The molecular formula is C20H27NS2. The number of hydrogen-bond acceptors (Lipinski definition) is 3. The third-order valence-corrected chi connectivity index (χ3v) is 5.88. The molecule has 3 aromatic heterocycles. The van der Waals surface area contributed by atoms with Gasteiger partial charge in [0.1, 0.15) is 0 Å². The molecule has 0 bridgehead atoms. The predicted octanol–water partition coefficient (Wildman–Crippen LogP) is 6.74. The Bertz CT molecular complexity index is 631. The van der Waals surface area contributed by atoms with E-state index in [2.05, 4.69) is 75.7 Å². The van der Waals surface area contributed by atoms with Crippen LogP contribution in [0.1, 0.15) is 38.3 Å². The van der Waals surface area contributed by atoms with Crippen molar-refractivity contribution >= 4 is 22.7 Å². The van der Waals surface area contributed by atoms with Gasteiger partial charge in [-0.15, -0.1) is 11.3 Å². The van der Waals surface area contributed by atoms with Gasteiger partial charge in [0.05, 0.1) is 0 Å². The van der Waals surface area contributed by atoms with Crippen molar-refractivity contribution in [2.45, 2.75) is 48.5 Å². The summed E-state index contributed by atoms with van der Waals surface area (Å²) in [6.45, 7) is 14.8. The summed E-state index contributed by atoms with van der Waals surface area (Å²) in [4.78, 5) is 5.48. The summed E-state index contributed by atoms with van der Waals surface area (Å²) in [7, 11) is 0. The molecule has 1 nitrogen and oxygen atoms in total. The largest absolute Gasteiger partial charge is 0.264 e. The second-order valence-electron chi connectivity index (χ2n) is 5.80. The molecule has 0 saturated carbocycles. The van der Waals surface area contributed by atoms with E-state index in [1.807, 2.05) is 12.4 Å². The summed E-state index contributed by atoms with van der Waals surface area (Å²) >= 11 is 3.57. The van der Waals surface area contributed by atoms with E-state index in [0.717, 1.165) is 0 Å². The summed E-state index contributed by atoms with van der Waals surface area (Å²) in [5.41, 5.74) is 8.12. The highest BCUT2D eigenvalue weighted by Crippen LogP contribution is 2.12. The molecule has 0 aliphatic rings. The highest BCUT2D eigenvalue weighted by molar-refractivity contribution is 7.10. The fourth-order valence-corrected chi connectivity index (χ4v) is 3.22. The highest BCUT2D eigenvalue weighted by Gasteiger charge is 1.93. The van der Waals surface area contributed by atoms with E-state index in [1.165, 1.54) is 38.3 Å². The van der Waals surface area contributed by atoms with Crippen molar-refractivity contribution in [1.82, 2.24) is 4.98 Å². The first-order chi connectivity index (χ1) is 10.8. The molecule has 0 amide bonds. The van der Waals surface area contributed by atoms with Gasteiger partial charge >= 0.3 is 0 Å². The smallest absolute Gasteiger partial charge is 0.0299 e. The summed E-state index contributed by atoms with van der Waals surface area (Å²) in [6.07, 6.45) is 3.78. The molecule has 23 heavy (non-hydrogen) atoms. The molecule has 3 rings (SSSR count). The monoisotopic (exact) mass is 345 g/mol. The van der Waals surface area contributed by atoms with Crippen molar-refractivity contribution in [3.05, 3.63) is 72.9 Å². The molecule has 3 heteroatoms. The lowest BCUT2D eigenvalue weighted by molar-refractivity contribution is 1.16. The third kappa shape index (κ3) is 6.67. The van der Waals surface area contributed by atoms with Crippen LogP contribution in [0.2, 0.25) is 0 Å². The maximum absolute atomic E-state index is 4.04. The lowest BCUT2D eigenvalue weighted by Crippen LogP contribution is -1.86. The molecule has 0 unspecified atom stereocenters. The average Bonchev–Trinajstić information content (AvgIpc) is 3.07. The summed E-state index contributed by atoms with van der Waals surface area (Å²) in [6, 6.07) is 2.14. The van der Waals surface area contributed by atoms with Crippen LogP contribution in [0.4, 0.5) is 0 Å². The van der Waals surface area contributed by atoms with Crippen LogP contribution in [0.15, 0.2) is 34.6 Å². The van der Waals surface area contributed by atoms with Crippen molar-refractivity contribution in [2.75, 3.05) is 0 Å². The first kappa shape index (κ1) is 19.6. The fraction of sp³-hybridized carbons (Fsp3) is 0.350. The van der Waals surface area contributed by atoms with Crippen LogP contribution in [0.5, 0.6) is 0 Å². The Kier molecular flexibility index (Phi) is 8.21. The van der Waals surface area contributed by atoms with E-state index in [9.17, 15) is 0 Å². The summed E-state index contributed by atoms with van der Waals surface area (Å²) in [5.74, 6) is 0. The first-order valence-corrected chi connectivity index (χ1v) is 9.53. The van der Waals surface area contributed by atoms with Gasteiger partial charge in [-0.2, -0.15) is 11.3 Å².